The fourth-order valence-electron chi connectivity index (χ4n) is 0.394. The Morgan fingerprint density at radius 1 is 1.56 bits per heavy atom. The summed E-state index contributed by atoms with van der Waals surface area (Å²) in [6.07, 6.45) is 6.55. The number of unbranched alkanes of at least 4 members (excludes halogenated alkanes) is 1. The average Bonchev–Trinajstić information content (AvgIpc) is 1.89. The van der Waals surface area contributed by atoms with Gasteiger partial charge in [-0.2, -0.15) is 5.26 Å². The second-order valence-electron chi connectivity index (χ2n) is 1.52. The van der Waals surface area contributed by atoms with E-state index in [1.54, 1.807) is 0 Å². The van der Waals surface area contributed by atoms with Crippen LogP contribution >= 0.6 is 0 Å². The van der Waals surface area contributed by atoms with Gasteiger partial charge in [-0.15, -0.1) is 12.3 Å². The van der Waals surface area contributed by atoms with Crippen LogP contribution in [-0.4, -0.2) is 13.2 Å². The summed E-state index contributed by atoms with van der Waals surface area (Å²) in [5, 5.41) is 8.01. The first-order valence-corrected chi connectivity index (χ1v) is 2.80. The molecule has 0 aromatic carbocycles. The van der Waals surface area contributed by atoms with E-state index in [4.69, 9.17) is 16.4 Å². The maximum atomic E-state index is 8.01. The van der Waals surface area contributed by atoms with Gasteiger partial charge < -0.3 is 4.74 Å². The smallest absolute Gasteiger partial charge is 0.133 e. The Labute approximate surface area is 55.4 Å². The molecule has 0 fully saturated rings. The van der Waals surface area contributed by atoms with Crippen molar-refractivity contribution in [2.24, 2.45) is 0 Å². The maximum absolute atomic E-state index is 8.01. The fourth-order valence-corrected chi connectivity index (χ4v) is 0.394. The Balaban J connectivity index is 2.79. The molecule has 0 unspecified atom stereocenters. The summed E-state index contributed by atoms with van der Waals surface area (Å²) >= 11 is 0. The Hall–Kier alpha value is -0.990. The molecule has 0 N–H and O–H groups in total. The highest BCUT2D eigenvalue weighted by molar-refractivity contribution is 4.82. The summed E-state index contributed by atoms with van der Waals surface area (Å²) in [6, 6.07) is 1.87. The molecule has 0 aromatic rings. The molecule has 0 aliphatic heterocycles. The summed E-state index contributed by atoms with van der Waals surface area (Å²) in [5.74, 6) is 2.48. The van der Waals surface area contributed by atoms with E-state index in [1.807, 2.05) is 6.07 Å². The molecule has 0 aliphatic rings. The SMILES string of the molecule is C#CCCCOCC#N. The molecule has 0 amide bonds. The lowest BCUT2D eigenvalue weighted by atomic mass is 10.3. The number of rotatable bonds is 4. The van der Waals surface area contributed by atoms with Crippen molar-refractivity contribution in [1.82, 2.24) is 0 Å². The van der Waals surface area contributed by atoms with Crippen molar-refractivity contribution in [1.29, 1.82) is 5.26 Å². The zero-order valence-electron chi connectivity index (χ0n) is 5.26. The third kappa shape index (κ3) is 7.01. The van der Waals surface area contributed by atoms with Gasteiger partial charge >= 0.3 is 0 Å². The van der Waals surface area contributed by atoms with E-state index in [2.05, 4.69) is 5.92 Å². The van der Waals surface area contributed by atoms with Crippen molar-refractivity contribution < 1.29 is 4.74 Å². The van der Waals surface area contributed by atoms with Gasteiger partial charge in [0.05, 0.1) is 6.07 Å². The standard InChI is InChI=1S/C7H9NO/c1-2-3-4-6-9-7-5-8/h1H,3-4,6-7H2. The van der Waals surface area contributed by atoms with Crippen LogP contribution < -0.4 is 0 Å². The number of terminal acetylenes is 1. The Morgan fingerprint density at radius 2 is 2.33 bits per heavy atom. The first-order chi connectivity index (χ1) is 4.41. The van der Waals surface area contributed by atoms with Crippen LogP contribution in [0.1, 0.15) is 12.8 Å². The molecule has 0 saturated carbocycles. The Morgan fingerprint density at radius 3 is 2.89 bits per heavy atom. The van der Waals surface area contributed by atoms with Crippen LogP contribution in [0.4, 0.5) is 0 Å². The second kappa shape index (κ2) is 7.01. The monoisotopic (exact) mass is 123 g/mol. The van der Waals surface area contributed by atoms with Gasteiger partial charge in [0.2, 0.25) is 0 Å². The summed E-state index contributed by atoms with van der Waals surface area (Å²) in [6.45, 7) is 0.766. The van der Waals surface area contributed by atoms with Gasteiger partial charge in [0, 0.05) is 13.0 Å². The highest BCUT2D eigenvalue weighted by Crippen LogP contribution is 1.86. The normalized spacial score (nSPS) is 7.78. The zero-order valence-corrected chi connectivity index (χ0v) is 5.26. The lowest BCUT2D eigenvalue weighted by Gasteiger charge is -1.93. The highest BCUT2D eigenvalue weighted by Gasteiger charge is 1.83. The van der Waals surface area contributed by atoms with E-state index in [1.165, 1.54) is 0 Å². The van der Waals surface area contributed by atoms with Crippen molar-refractivity contribution in [2.45, 2.75) is 12.8 Å². The average molecular weight is 123 g/mol. The summed E-state index contributed by atoms with van der Waals surface area (Å²) in [7, 11) is 0. The van der Waals surface area contributed by atoms with Crippen molar-refractivity contribution >= 4 is 0 Å². The molecule has 0 rings (SSSR count). The largest absolute Gasteiger partial charge is 0.367 e. The number of hydrogen-bond donors (Lipinski definition) is 0. The van der Waals surface area contributed by atoms with Gasteiger partial charge in [-0.25, -0.2) is 0 Å². The number of ether oxygens (including phenoxy) is 1. The molecule has 0 aliphatic carbocycles. The predicted octanol–water partition coefficient (Wildman–Crippen LogP) is 0.940. The van der Waals surface area contributed by atoms with Crippen molar-refractivity contribution in [3.8, 4) is 18.4 Å². The quantitative estimate of drug-likeness (QED) is 0.411. The maximum Gasteiger partial charge on any atom is 0.133 e. The van der Waals surface area contributed by atoms with Gasteiger partial charge in [0.25, 0.3) is 0 Å². The van der Waals surface area contributed by atoms with Crippen molar-refractivity contribution in [2.75, 3.05) is 13.2 Å². The highest BCUT2D eigenvalue weighted by atomic mass is 16.5. The number of hydrogen-bond acceptors (Lipinski definition) is 2. The van der Waals surface area contributed by atoms with Crippen LogP contribution in [0.25, 0.3) is 0 Å². The van der Waals surface area contributed by atoms with Crippen LogP contribution in [0.3, 0.4) is 0 Å². The van der Waals surface area contributed by atoms with E-state index in [0.29, 0.717) is 6.61 Å². The van der Waals surface area contributed by atoms with E-state index >= 15 is 0 Å². The van der Waals surface area contributed by atoms with E-state index in [0.717, 1.165) is 12.8 Å². The Kier molecular flexibility index (Phi) is 6.24. The van der Waals surface area contributed by atoms with E-state index < -0.39 is 0 Å². The molecule has 0 saturated heterocycles. The minimum absolute atomic E-state index is 0.171. The van der Waals surface area contributed by atoms with Gasteiger partial charge in [0.15, 0.2) is 0 Å². The summed E-state index contributed by atoms with van der Waals surface area (Å²) in [5.41, 5.74) is 0. The lowest BCUT2D eigenvalue weighted by Crippen LogP contribution is -1.93. The molecule has 0 bridgehead atoms. The molecule has 9 heavy (non-hydrogen) atoms. The van der Waals surface area contributed by atoms with Gasteiger partial charge in [-0.1, -0.05) is 0 Å². The molecule has 0 aromatic heterocycles. The van der Waals surface area contributed by atoms with Crippen LogP contribution in [-0.2, 0) is 4.74 Å². The van der Waals surface area contributed by atoms with Gasteiger partial charge in [-0.3, -0.25) is 0 Å². The molecular weight excluding hydrogens is 114 g/mol. The molecular formula is C7H9NO. The lowest BCUT2D eigenvalue weighted by molar-refractivity contribution is 0.164. The topological polar surface area (TPSA) is 33.0 Å². The molecule has 0 radical (unpaired) electrons. The zero-order chi connectivity index (χ0) is 6.95. The van der Waals surface area contributed by atoms with Gasteiger partial charge in [0.1, 0.15) is 6.61 Å². The first-order valence-electron chi connectivity index (χ1n) is 2.80. The van der Waals surface area contributed by atoms with Crippen molar-refractivity contribution in [3.63, 3.8) is 0 Å². The van der Waals surface area contributed by atoms with Crippen LogP contribution in [0.5, 0.6) is 0 Å². The summed E-state index contributed by atoms with van der Waals surface area (Å²) in [4.78, 5) is 0. The first kappa shape index (κ1) is 8.01. The number of nitriles is 1. The molecule has 0 heterocycles. The van der Waals surface area contributed by atoms with Crippen LogP contribution in [0.2, 0.25) is 0 Å². The van der Waals surface area contributed by atoms with Crippen LogP contribution in [0.15, 0.2) is 0 Å². The molecule has 0 atom stereocenters. The minimum Gasteiger partial charge on any atom is -0.367 e. The number of nitrogens with zero attached hydrogens (tertiary/aromatic N) is 1. The fraction of sp³-hybridized carbons (Fsp3) is 0.571. The molecule has 48 valence electrons. The van der Waals surface area contributed by atoms with Gasteiger partial charge in [-0.05, 0) is 6.42 Å². The Bertz CT molecular complexity index is 113. The minimum atomic E-state index is 0.171. The molecule has 0 spiro atoms. The van der Waals surface area contributed by atoms with Crippen molar-refractivity contribution in [3.05, 3.63) is 0 Å². The van der Waals surface area contributed by atoms with Crippen LogP contribution in [0, 0.1) is 23.7 Å². The predicted molar refractivity (Wildman–Crippen MR) is 34.5 cm³/mol. The van der Waals surface area contributed by atoms with E-state index in [9.17, 15) is 0 Å². The third-order valence-corrected chi connectivity index (χ3v) is 0.776. The van der Waals surface area contributed by atoms with E-state index in [-0.39, 0.29) is 6.61 Å². The molecule has 2 nitrogen and oxygen atoms in total. The molecule has 2 heteroatoms. The second-order valence-corrected chi connectivity index (χ2v) is 1.52. The summed E-state index contributed by atoms with van der Waals surface area (Å²) < 4.78 is 4.83. The third-order valence-electron chi connectivity index (χ3n) is 0.776.